The molecular formula is C59H39NO. The Labute approximate surface area is 355 Å². The highest BCUT2D eigenvalue weighted by Gasteiger charge is 2.46. The van der Waals surface area contributed by atoms with Crippen LogP contribution in [0.2, 0.25) is 0 Å². The molecular weight excluding hydrogens is 739 g/mol. The molecule has 0 unspecified atom stereocenters. The minimum absolute atomic E-state index is 0.544. The SMILES string of the molecule is c1ccc(-c2ccccc2N(c2ccc3c(c2)C(c2ccccc2)(c2ccccc2)c2ccccc2-3)c2ccccc2-c2cccc3c2oc2c4ccccc4ccc32)cc1. The van der Waals surface area contributed by atoms with E-state index in [-0.39, 0.29) is 0 Å². The molecule has 0 saturated carbocycles. The third kappa shape index (κ3) is 5.36. The molecule has 11 aromatic rings. The summed E-state index contributed by atoms with van der Waals surface area (Å²) < 4.78 is 6.99. The number of rotatable bonds is 7. The molecule has 0 N–H and O–H groups in total. The summed E-state index contributed by atoms with van der Waals surface area (Å²) in [4.78, 5) is 2.47. The summed E-state index contributed by atoms with van der Waals surface area (Å²) in [6.07, 6.45) is 0. The molecule has 0 bridgehead atoms. The average molecular weight is 778 g/mol. The van der Waals surface area contributed by atoms with Crippen molar-refractivity contribution in [3.05, 3.63) is 259 Å². The summed E-state index contributed by atoms with van der Waals surface area (Å²) in [6, 6.07) is 86.0. The first-order valence-electron chi connectivity index (χ1n) is 21.0. The van der Waals surface area contributed by atoms with E-state index in [4.69, 9.17) is 4.42 Å². The van der Waals surface area contributed by atoms with E-state index < -0.39 is 5.41 Å². The van der Waals surface area contributed by atoms with Gasteiger partial charge in [0.25, 0.3) is 0 Å². The number of hydrogen-bond donors (Lipinski definition) is 0. The van der Waals surface area contributed by atoms with Crippen molar-refractivity contribution < 1.29 is 4.42 Å². The minimum Gasteiger partial charge on any atom is -0.455 e. The molecule has 1 heterocycles. The van der Waals surface area contributed by atoms with E-state index in [1.807, 2.05) is 0 Å². The zero-order valence-electron chi connectivity index (χ0n) is 33.4. The Hall–Kier alpha value is -7.94. The number of fused-ring (bicyclic) bond motifs is 8. The first kappa shape index (κ1) is 35.0. The molecule has 286 valence electrons. The zero-order chi connectivity index (χ0) is 40.3. The topological polar surface area (TPSA) is 16.4 Å². The zero-order valence-corrected chi connectivity index (χ0v) is 33.4. The summed E-state index contributed by atoms with van der Waals surface area (Å²) in [5.74, 6) is 0. The van der Waals surface area contributed by atoms with E-state index in [0.29, 0.717) is 0 Å². The molecule has 0 atom stereocenters. The maximum atomic E-state index is 6.99. The second kappa shape index (κ2) is 14.1. The van der Waals surface area contributed by atoms with Gasteiger partial charge in [-0.15, -0.1) is 0 Å². The number of hydrogen-bond acceptors (Lipinski definition) is 2. The third-order valence-corrected chi connectivity index (χ3v) is 12.8. The number of furan rings is 1. The van der Waals surface area contributed by atoms with Crippen molar-refractivity contribution in [1.29, 1.82) is 0 Å². The van der Waals surface area contributed by atoms with Crippen LogP contribution in [-0.2, 0) is 5.41 Å². The van der Waals surface area contributed by atoms with E-state index in [0.717, 1.165) is 66.6 Å². The third-order valence-electron chi connectivity index (χ3n) is 12.8. The minimum atomic E-state index is -0.544. The van der Waals surface area contributed by atoms with Crippen molar-refractivity contribution in [2.45, 2.75) is 5.41 Å². The average Bonchev–Trinajstić information content (AvgIpc) is 3.87. The van der Waals surface area contributed by atoms with Gasteiger partial charge in [-0.1, -0.05) is 206 Å². The number of nitrogens with zero attached hydrogens (tertiary/aromatic N) is 1. The van der Waals surface area contributed by atoms with E-state index >= 15 is 0 Å². The van der Waals surface area contributed by atoms with Crippen LogP contribution in [0.15, 0.2) is 241 Å². The fraction of sp³-hybridized carbons (Fsp3) is 0.0169. The largest absolute Gasteiger partial charge is 0.455 e. The van der Waals surface area contributed by atoms with Gasteiger partial charge in [0, 0.05) is 38.5 Å². The quantitative estimate of drug-likeness (QED) is 0.160. The van der Waals surface area contributed by atoms with Gasteiger partial charge >= 0.3 is 0 Å². The summed E-state index contributed by atoms with van der Waals surface area (Å²) in [6.45, 7) is 0. The first-order valence-corrected chi connectivity index (χ1v) is 21.0. The summed E-state index contributed by atoms with van der Waals surface area (Å²) in [7, 11) is 0. The van der Waals surface area contributed by atoms with Crippen molar-refractivity contribution in [3.8, 4) is 33.4 Å². The van der Waals surface area contributed by atoms with Crippen LogP contribution in [0.3, 0.4) is 0 Å². The number of para-hydroxylation sites is 3. The van der Waals surface area contributed by atoms with Crippen LogP contribution >= 0.6 is 0 Å². The lowest BCUT2D eigenvalue weighted by atomic mass is 9.67. The second-order valence-electron chi connectivity index (χ2n) is 15.9. The highest BCUT2D eigenvalue weighted by atomic mass is 16.3. The fourth-order valence-electron chi connectivity index (χ4n) is 10.1. The summed E-state index contributed by atoms with van der Waals surface area (Å²) in [5, 5.41) is 4.51. The molecule has 2 nitrogen and oxygen atoms in total. The molecule has 2 heteroatoms. The smallest absolute Gasteiger partial charge is 0.143 e. The van der Waals surface area contributed by atoms with Crippen LogP contribution in [-0.4, -0.2) is 0 Å². The molecule has 0 aliphatic heterocycles. The van der Waals surface area contributed by atoms with Crippen LogP contribution in [0.4, 0.5) is 17.1 Å². The van der Waals surface area contributed by atoms with Crippen LogP contribution < -0.4 is 4.90 Å². The Kier molecular flexibility index (Phi) is 8.11. The Balaban J connectivity index is 1.15. The fourth-order valence-corrected chi connectivity index (χ4v) is 10.1. The van der Waals surface area contributed by atoms with Gasteiger partial charge in [0.2, 0.25) is 0 Å². The van der Waals surface area contributed by atoms with E-state index in [1.165, 1.54) is 38.8 Å². The maximum Gasteiger partial charge on any atom is 0.143 e. The normalized spacial score (nSPS) is 12.7. The predicted molar refractivity (Wildman–Crippen MR) is 254 cm³/mol. The molecule has 61 heavy (non-hydrogen) atoms. The molecule has 0 fully saturated rings. The van der Waals surface area contributed by atoms with Crippen molar-refractivity contribution in [3.63, 3.8) is 0 Å². The Morgan fingerprint density at radius 3 is 1.62 bits per heavy atom. The molecule has 0 radical (unpaired) electrons. The van der Waals surface area contributed by atoms with E-state index in [1.54, 1.807) is 0 Å². The molecule has 0 amide bonds. The molecule has 0 spiro atoms. The Morgan fingerprint density at radius 2 is 0.869 bits per heavy atom. The van der Waals surface area contributed by atoms with Gasteiger partial charge in [-0.2, -0.15) is 0 Å². The van der Waals surface area contributed by atoms with Crippen molar-refractivity contribution in [2.24, 2.45) is 0 Å². The summed E-state index contributed by atoms with van der Waals surface area (Å²) >= 11 is 0. The Morgan fingerprint density at radius 1 is 0.328 bits per heavy atom. The molecule has 12 rings (SSSR count). The van der Waals surface area contributed by atoms with Gasteiger partial charge in [-0.25, -0.2) is 0 Å². The van der Waals surface area contributed by atoms with Gasteiger partial charge in [0.1, 0.15) is 11.2 Å². The van der Waals surface area contributed by atoms with Gasteiger partial charge in [0.05, 0.1) is 16.8 Å². The monoisotopic (exact) mass is 777 g/mol. The van der Waals surface area contributed by atoms with E-state index in [2.05, 4.69) is 241 Å². The van der Waals surface area contributed by atoms with Crippen LogP contribution in [0.1, 0.15) is 22.3 Å². The molecule has 1 aromatic heterocycles. The lowest BCUT2D eigenvalue weighted by Gasteiger charge is -2.35. The van der Waals surface area contributed by atoms with Gasteiger partial charge in [-0.05, 0) is 74.7 Å². The lowest BCUT2D eigenvalue weighted by molar-refractivity contribution is 0.674. The van der Waals surface area contributed by atoms with Crippen molar-refractivity contribution in [2.75, 3.05) is 4.90 Å². The molecule has 1 aliphatic carbocycles. The van der Waals surface area contributed by atoms with Gasteiger partial charge in [-0.3, -0.25) is 0 Å². The number of benzene rings is 10. The molecule has 1 aliphatic rings. The highest BCUT2D eigenvalue weighted by Crippen LogP contribution is 2.58. The van der Waals surface area contributed by atoms with E-state index in [9.17, 15) is 0 Å². The molecule has 0 saturated heterocycles. The number of anilines is 3. The summed E-state index contributed by atoms with van der Waals surface area (Å²) in [5.41, 5.74) is 16.4. The van der Waals surface area contributed by atoms with Crippen LogP contribution in [0, 0.1) is 0 Å². The van der Waals surface area contributed by atoms with Crippen molar-refractivity contribution >= 4 is 49.8 Å². The van der Waals surface area contributed by atoms with Gasteiger partial charge in [0.15, 0.2) is 0 Å². The maximum absolute atomic E-state index is 6.99. The molecule has 10 aromatic carbocycles. The lowest BCUT2D eigenvalue weighted by Crippen LogP contribution is -2.28. The van der Waals surface area contributed by atoms with Crippen LogP contribution in [0.25, 0.3) is 66.1 Å². The van der Waals surface area contributed by atoms with Gasteiger partial charge < -0.3 is 9.32 Å². The second-order valence-corrected chi connectivity index (χ2v) is 15.9. The van der Waals surface area contributed by atoms with Crippen LogP contribution in [0.5, 0.6) is 0 Å². The van der Waals surface area contributed by atoms with Crippen molar-refractivity contribution in [1.82, 2.24) is 0 Å². The first-order chi connectivity index (χ1) is 30.3. The predicted octanol–water partition coefficient (Wildman–Crippen LogP) is 15.9. The standard InChI is InChI=1S/C59H39NO/c1-4-19-40(20-5-1)45-26-13-16-33-55(45)60(56-34-17-14-29-49(56)50-30-18-31-51-52-37-35-41-21-10-11-27-46(41)57(52)61-58(50)51)44-36-38-48-47-28-12-15-32-53(47)59(54(48)39-44,42-22-6-2-7-23-42)43-24-8-3-9-25-43/h1-39H. The highest BCUT2D eigenvalue weighted by molar-refractivity contribution is 6.17. The Bertz CT molecular complexity index is 3380.